The fourth-order valence-corrected chi connectivity index (χ4v) is 1.60. The summed E-state index contributed by atoms with van der Waals surface area (Å²) in [6.07, 6.45) is -0.234. The number of ether oxygens (including phenoxy) is 1. The molecule has 0 aliphatic carbocycles. The average molecular weight is 241 g/mol. The van der Waals surface area contributed by atoms with Crippen molar-refractivity contribution in [1.82, 2.24) is 4.90 Å². The summed E-state index contributed by atoms with van der Waals surface area (Å²) in [4.78, 5) is 2.05. The van der Waals surface area contributed by atoms with Crippen LogP contribution in [-0.4, -0.2) is 43.9 Å². The van der Waals surface area contributed by atoms with Crippen LogP contribution in [0.5, 0.6) is 0 Å². The van der Waals surface area contributed by atoms with Crippen molar-refractivity contribution in [3.05, 3.63) is 35.6 Å². The van der Waals surface area contributed by atoms with Crippen molar-refractivity contribution < 1.29 is 14.2 Å². The molecule has 0 bridgehead atoms. The number of hydrogen-bond acceptors (Lipinski definition) is 3. The third kappa shape index (κ3) is 4.81. The number of aliphatic hydroxyl groups is 1. The zero-order chi connectivity index (χ0) is 12.7. The molecule has 0 saturated carbocycles. The monoisotopic (exact) mass is 241 g/mol. The summed E-state index contributed by atoms with van der Waals surface area (Å²) in [7, 11) is 3.61. The largest absolute Gasteiger partial charge is 0.388 e. The molecule has 1 atom stereocenters. The molecule has 0 aliphatic heterocycles. The number of rotatable bonds is 7. The van der Waals surface area contributed by atoms with Crippen molar-refractivity contribution in [3.63, 3.8) is 0 Å². The van der Waals surface area contributed by atoms with E-state index >= 15 is 0 Å². The van der Waals surface area contributed by atoms with Crippen LogP contribution in [0.3, 0.4) is 0 Å². The Morgan fingerprint density at radius 1 is 1.35 bits per heavy atom. The molecule has 0 amide bonds. The normalized spacial score (nSPS) is 13.0. The molecular weight excluding hydrogens is 221 g/mol. The molecular formula is C13H20FNO2. The van der Waals surface area contributed by atoms with Crippen LogP contribution in [0.1, 0.15) is 18.1 Å². The smallest absolute Gasteiger partial charge is 0.128 e. The van der Waals surface area contributed by atoms with Crippen LogP contribution in [0.15, 0.2) is 24.3 Å². The predicted molar refractivity (Wildman–Crippen MR) is 65.3 cm³/mol. The molecule has 1 rings (SSSR count). The van der Waals surface area contributed by atoms with Crippen molar-refractivity contribution in [1.29, 1.82) is 0 Å². The van der Waals surface area contributed by atoms with Gasteiger partial charge in [0.2, 0.25) is 0 Å². The van der Waals surface area contributed by atoms with Gasteiger partial charge in [-0.15, -0.1) is 0 Å². The van der Waals surface area contributed by atoms with E-state index in [0.29, 0.717) is 25.1 Å². The first-order chi connectivity index (χ1) is 8.15. The van der Waals surface area contributed by atoms with Gasteiger partial charge in [-0.2, -0.15) is 0 Å². The summed E-state index contributed by atoms with van der Waals surface area (Å²) in [5.41, 5.74) is 0.368. The van der Waals surface area contributed by atoms with Crippen LogP contribution in [0, 0.1) is 5.82 Å². The molecule has 0 saturated heterocycles. The van der Waals surface area contributed by atoms with E-state index in [1.807, 2.05) is 11.9 Å². The molecule has 0 heterocycles. The van der Waals surface area contributed by atoms with Gasteiger partial charge in [-0.3, -0.25) is 0 Å². The lowest BCUT2D eigenvalue weighted by Crippen LogP contribution is -2.25. The zero-order valence-electron chi connectivity index (χ0n) is 10.4. The van der Waals surface area contributed by atoms with Gasteiger partial charge in [0.1, 0.15) is 5.82 Å². The molecule has 0 radical (unpaired) electrons. The van der Waals surface area contributed by atoms with Crippen molar-refractivity contribution in [2.45, 2.75) is 12.5 Å². The summed E-state index contributed by atoms with van der Waals surface area (Å²) in [6, 6.07) is 6.34. The molecule has 1 N–H and O–H groups in total. The SMILES string of the molecule is COCCN(C)CCC(O)c1ccccc1F. The van der Waals surface area contributed by atoms with Crippen molar-refractivity contribution >= 4 is 0 Å². The second kappa shape index (κ2) is 7.37. The van der Waals surface area contributed by atoms with Crippen molar-refractivity contribution in [3.8, 4) is 0 Å². The first-order valence-corrected chi connectivity index (χ1v) is 5.75. The van der Waals surface area contributed by atoms with Crippen LogP contribution >= 0.6 is 0 Å². The Hall–Kier alpha value is -0.970. The summed E-state index contributed by atoms with van der Waals surface area (Å²) in [5.74, 6) is -0.348. The van der Waals surface area contributed by atoms with E-state index in [1.165, 1.54) is 6.07 Å². The molecule has 0 aromatic heterocycles. The molecule has 96 valence electrons. The highest BCUT2D eigenvalue weighted by Gasteiger charge is 2.12. The van der Waals surface area contributed by atoms with Crippen molar-refractivity contribution in [2.75, 3.05) is 33.9 Å². The quantitative estimate of drug-likeness (QED) is 0.790. The Bertz CT molecular complexity index is 333. The molecule has 0 fully saturated rings. The molecule has 1 aromatic carbocycles. The number of halogens is 1. The summed E-state index contributed by atoms with van der Waals surface area (Å²) < 4.78 is 18.3. The number of nitrogens with zero attached hydrogens (tertiary/aromatic N) is 1. The van der Waals surface area contributed by atoms with Gasteiger partial charge in [0, 0.05) is 25.8 Å². The summed E-state index contributed by atoms with van der Waals surface area (Å²) in [5, 5.41) is 9.88. The lowest BCUT2D eigenvalue weighted by atomic mass is 10.1. The molecule has 17 heavy (non-hydrogen) atoms. The Balaban J connectivity index is 2.39. The molecule has 0 aliphatic rings. The fraction of sp³-hybridized carbons (Fsp3) is 0.538. The first kappa shape index (κ1) is 14.1. The van der Waals surface area contributed by atoms with Crippen LogP contribution in [-0.2, 0) is 4.74 Å². The highest BCUT2D eigenvalue weighted by molar-refractivity contribution is 5.19. The molecule has 0 spiro atoms. The lowest BCUT2D eigenvalue weighted by Gasteiger charge is -2.18. The number of hydrogen-bond donors (Lipinski definition) is 1. The standard InChI is InChI=1S/C13H20FNO2/c1-15(9-10-17-2)8-7-13(16)11-5-3-4-6-12(11)14/h3-6,13,16H,7-10H2,1-2H3. The fourth-order valence-electron chi connectivity index (χ4n) is 1.60. The molecule has 1 unspecified atom stereocenters. The van der Waals surface area contributed by atoms with E-state index in [1.54, 1.807) is 25.3 Å². The van der Waals surface area contributed by atoms with Crippen LogP contribution in [0.2, 0.25) is 0 Å². The van der Waals surface area contributed by atoms with E-state index in [-0.39, 0.29) is 5.82 Å². The Morgan fingerprint density at radius 2 is 2.06 bits per heavy atom. The maximum atomic E-state index is 13.4. The third-order valence-corrected chi connectivity index (χ3v) is 2.73. The third-order valence-electron chi connectivity index (χ3n) is 2.73. The number of benzene rings is 1. The Labute approximate surface area is 102 Å². The van der Waals surface area contributed by atoms with Gasteiger partial charge in [0.15, 0.2) is 0 Å². The Kier molecular flexibility index (Phi) is 6.11. The van der Waals surface area contributed by atoms with Gasteiger partial charge in [-0.05, 0) is 19.5 Å². The maximum absolute atomic E-state index is 13.4. The molecule has 3 nitrogen and oxygen atoms in total. The number of likely N-dealkylation sites (N-methyl/N-ethyl adjacent to an activating group) is 1. The van der Waals surface area contributed by atoms with Crippen LogP contribution < -0.4 is 0 Å². The molecule has 1 aromatic rings. The van der Waals surface area contributed by atoms with Gasteiger partial charge >= 0.3 is 0 Å². The van der Waals surface area contributed by atoms with E-state index < -0.39 is 6.10 Å². The second-order valence-corrected chi connectivity index (χ2v) is 4.12. The van der Waals surface area contributed by atoms with Crippen molar-refractivity contribution in [2.24, 2.45) is 0 Å². The van der Waals surface area contributed by atoms with Crippen LogP contribution in [0.25, 0.3) is 0 Å². The van der Waals surface area contributed by atoms with E-state index in [0.717, 1.165) is 6.54 Å². The number of methoxy groups -OCH3 is 1. The minimum atomic E-state index is -0.749. The van der Waals surface area contributed by atoms with E-state index in [9.17, 15) is 9.50 Å². The molecule has 4 heteroatoms. The lowest BCUT2D eigenvalue weighted by molar-refractivity contribution is 0.127. The minimum absolute atomic E-state index is 0.348. The minimum Gasteiger partial charge on any atom is -0.388 e. The topological polar surface area (TPSA) is 32.7 Å². The highest BCUT2D eigenvalue weighted by atomic mass is 19.1. The van der Waals surface area contributed by atoms with Gasteiger partial charge in [-0.1, -0.05) is 18.2 Å². The second-order valence-electron chi connectivity index (χ2n) is 4.12. The number of aliphatic hydroxyl groups excluding tert-OH is 1. The van der Waals surface area contributed by atoms with E-state index in [4.69, 9.17) is 4.74 Å². The maximum Gasteiger partial charge on any atom is 0.128 e. The van der Waals surface area contributed by atoms with Crippen LogP contribution in [0.4, 0.5) is 4.39 Å². The predicted octanol–water partition coefficient (Wildman–Crippen LogP) is 1.83. The highest BCUT2D eigenvalue weighted by Crippen LogP contribution is 2.19. The summed E-state index contributed by atoms with van der Waals surface area (Å²) >= 11 is 0. The van der Waals surface area contributed by atoms with Gasteiger partial charge in [0.25, 0.3) is 0 Å². The van der Waals surface area contributed by atoms with Gasteiger partial charge in [-0.25, -0.2) is 4.39 Å². The van der Waals surface area contributed by atoms with Gasteiger partial charge < -0.3 is 14.7 Å². The average Bonchev–Trinajstić information content (AvgIpc) is 2.34. The first-order valence-electron chi connectivity index (χ1n) is 5.75. The Morgan fingerprint density at radius 3 is 2.71 bits per heavy atom. The van der Waals surface area contributed by atoms with Gasteiger partial charge in [0.05, 0.1) is 12.7 Å². The summed E-state index contributed by atoms with van der Waals surface area (Å²) in [6.45, 7) is 2.17. The zero-order valence-corrected chi connectivity index (χ0v) is 10.4. The van der Waals surface area contributed by atoms with E-state index in [2.05, 4.69) is 0 Å².